The molecular weight excluding hydrogens is 415 g/mol. The Labute approximate surface area is 182 Å². The molecule has 6 nitrogen and oxygen atoms in total. The van der Waals surface area contributed by atoms with Gasteiger partial charge in [-0.3, -0.25) is 4.21 Å². The van der Waals surface area contributed by atoms with E-state index in [0.717, 1.165) is 6.21 Å². The van der Waals surface area contributed by atoms with Gasteiger partial charge in [0.2, 0.25) is 0 Å². The SMILES string of the molecule is COc1ccc(-c2cc(C)c(C#Cc3cnc(N)c(C=N)c3)c(F)c2N)c(S(C)=O)c1. The lowest BCUT2D eigenvalue weighted by Crippen LogP contribution is -2.03. The standard InChI is InChI=1S/C23H21FN4O2S/c1-13-8-19(18-7-5-16(30-2)10-20(18)31(3)29)22(26)21(24)17(13)6-4-14-9-15(11-25)23(27)28-12-14/h5,7-12,25H,26H2,1-3H3,(H2,27,28). The molecule has 0 aliphatic carbocycles. The quantitative estimate of drug-likeness (QED) is 0.329. The number of aromatic nitrogens is 1. The first-order valence-electron chi connectivity index (χ1n) is 9.15. The maximum absolute atomic E-state index is 15.2. The van der Waals surface area contributed by atoms with Gasteiger partial charge in [0.15, 0.2) is 5.82 Å². The fraction of sp³-hybridized carbons (Fsp3) is 0.130. The van der Waals surface area contributed by atoms with Crippen LogP contribution in [0.5, 0.6) is 5.75 Å². The highest BCUT2D eigenvalue weighted by molar-refractivity contribution is 7.84. The molecule has 1 aromatic heterocycles. The molecule has 1 atom stereocenters. The van der Waals surface area contributed by atoms with Gasteiger partial charge < -0.3 is 21.6 Å². The second-order valence-electron chi connectivity index (χ2n) is 6.75. The van der Waals surface area contributed by atoms with Crippen LogP contribution in [0.3, 0.4) is 0 Å². The van der Waals surface area contributed by atoms with Crippen LogP contribution in [0, 0.1) is 30.0 Å². The summed E-state index contributed by atoms with van der Waals surface area (Å²) >= 11 is 0. The highest BCUT2D eigenvalue weighted by atomic mass is 32.2. The first-order chi connectivity index (χ1) is 14.8. The molecule has 0 radical (unpaired) electrons. The number of hydrogen-bond donors (Lipinski definition) is 3. The van der Waals surface area contributed by atoms with Crippen molar-refractivity contribution in [2.75, 3.05) is 24.8 Å². The van der Waals surface area contributed by atoms with Crippen molar-refractivity contribution >= 4 is 28.5 Å². The number of nitrogen functional groups attached to an aromatic ring is 2. The average molecular weight is 437 g/mol. The van der Waals surface area contributed by atoms with E-state index in [4.69, 9.17) is 21.6 Å². The number of rotatable bonds is 4. The maximum Gasteiger partial charge on any atom is 0.162 e. The number of nitrogens with zero attached hydrogens (tertiary/aromatic N) is 1. The second kappa shape index (κ2) is 8.98. The number of nitrogens with one attached hydrogen (secondary N) is 1. The van der Waals surface area contributed by atoms with E-state index in [1.807, 2.05) is 0 Å². The third-order valence-electron chi connectivity index (χ3n) is 4.73. The molecule has 5 N–H and O–H groups in total. The average Bonchev–Trinajstić information content (AvgIpc) is 2.76. The van der Waals surface area contributed by atoms with Gasteiger partial charge in [0, 0.05) is 40.9 Å². The number of ether oxygens (including phenoxy) is 1. The molecule has 8 heteroatoms. The zero-order chi connectivity index (χ0) is 22.7. The maximum atomic E-state index is 15.2. The van der Waals surface area contributed by atoms with Gasteiger partial charge in [0.1, 0.15) is 11.6 Å². The minimum atomic E-state index is -1.33. The molecule has 0 aliphatic heterocycles. The van der Waals surface area contributed by atoms with Crippen LogP contribution in [0.15, 0.2) is 41.4 Å². The Morgan fingerprint density at radius 3 is 2.58 bits per heavy atom. The molecule has 1 unspecified atom stereocenters. The third-order valence-corrected chi connectivity index (χ3v) is 5.68. The fourth-order valence-corrected chi connectivity index (χ4v) is 3.84. The van der Waals surface area contributed by atoms with E-state index >= 15 is 4.39 Å². The highest BCUT2D eigenvalue weighted by Gasteiger charge is 2.18. The van der Waals surface area contributed by atoms with E-state index < -0.39 is 16.6 Å². The predicted octanol–water partition coefficient (Wildman–Crippen LogP) is 3.50. The van der Waals surface area contributed by atoms with Crippen LogP contribution in [0.2, 0.25) is 0 Å². The molecule has 0 aliphatic rings. The first-order valence-corrected chi connectivity index (χ1v) is 10.7. The van der Waals surface area contributed by atoms with Gasteiger partial charge in [-0.15, -0.1) is 0 Å². The monoisotopic (exact) mass is 436 g/mol. The number of hydrogen-bond acceptors (Lipinski definition) is 6. The molecule has 0 saturated carbocycles. The number of anilines is 2. The third kappa shape index (κ3) is 4.42. The van der Waals surface area contributed by atoms with Crippen molar-refractivity contribution in [2.45, 2.75) is 11.8 Å². The van der Waals surface area contributed by atoms with E-state index in [1.165, 1.54) is 13.3 Å². The number of benzene rings is 2. The van der Waals surface area contributed by atoms with E-state index in [1.54, 1.807) is 43.5 Å². The number of halogens is 1. The summed E-state index contributed by atoms with van der Waals surface area (Å²) in [5.41, 5.74) is 14.4. The van der Waals surface area contributed by atoms with Crippen LogP contribution >= 0.6 is 0 Å². The Morgan fingerprint density at radius 2 is 1.94 bits per heavy atom. The number of methoxy groups -OCH3 is 1. The Hall–Kier alpha value is -3.70. The molecule has 0 saturated heterocycles. The summed E-state index contributed by atoms with van der Waals surface area (Å²) in [7, 11) is 0.184. The second-order valence-corrected chi connectivity index (χ2v) is 8.10. The van der Waals surface area contributed by atoms with Gasteiger partial charge >= 0.3 is 0 Å². The minimum absolute atomic E-state index is 0.0811. The topological polar surface area (TPSA) is 115 Å². The molecule has 31 heavy (non-hydrogen) atoms. The molecule has 3 rings (SSSR count). The predicted molar refractivity (Wildman–Crippen MR) is 122 cm³/mol. The molecule has 1 heterocycles. The summed E-state index contributed by atoms with van der Waals surface area (Å²) in [6, 6.07) is 8.41. The van der Waals surface area contributed by atoms with E-state index in [-0.39, 0.29) is 17.1 Å². The van der Waals surface area contributed by atoms with Crippen LogP contribution < -0.4 is 16.2 Å². The summed E-state index contributed by atoms with van der Waals surface area (Å²) in [5, 5.41) is 7.35. The van der Waals surface area contributed by atoms with Crippen LogP contribution in [-0.2, 0) is 10.8 Å². The van der Waals surface area contributed by atoms with Crippen LogP contribution in [0.25, 0.3) is 11.1 Å². The lowest BCUT2D eigenvalue weighted by Gasteiger charge is -2.15. The van der Waals surface area contributed by atoms with Crippen molar-refractivity contribution in [1.29, 1.82) is 5.41 Å². The van der Waals surface area contributed by atoms with Gasteiger partial charge in [-0.05, 0) is 42.8 Å². The lowest BCUT2D eigenvalue weighted by atomic mass is 9.97. The summed E-state index contributed by atoms with van der Waals surface area (Å²) in [6.07, 6.45) is 4.08. The lowest BCUT2D eigenvalue weighted by molar-refractivity contribution is 0.413. The largest absolute Gasteiger partial charge is 0.497 e. The Bertz CT molecular complexity index is 1280. The van der Waals surface area contributed by atoms with Crippen LogP contribution in [0.1, 0.15) is 22.3 Å². The van der Waals surface area contributed by atoms with E-state index in [2.05, 4.69) is 16.8 Å². The number of nitrogens with two attached hydrogens (primary N) is 2. The molecule has 0 fully saturated rings. The van der Waals surface area contributed by atoms with Crippen LogP contribution in [-0.4, -0.2) is 28.8 Å². The first kappa shape index (κ1) is 22.0. The van der Waals surface area contributed by atoms with Crippen molar-refractivity contribution in [3.8, 4) is 28.7 Å². The van der Waals surface area contributed by atoms with Gasteiger partial charge in [0.25, 0.3) is 0 Å². The minimum Gasteiger partial charge on any atom is -0.497 e. The highest BCUT2D eigenvalue weighted by Crippen LogP contribution is 2.36. The smallest absolute Gasteiger partial charge is 0.162 e. The molecule has 2 aromatic carbocycles. The molecule has 0 bridgehead atoms. The Balaban J connectivity index is 2.12. The van der Waals surface area contributed by atoms with Crippen molar-refractivity contribution in [1.82, 2.24) is 4.98 Å². The summed E-state index contributed by atoms with van der Waals surface area (Å²) in [5.74, 6) is 5.77. The molecule has 0 spiro atoms. The van der Waals surface area contributed by atoms with Gasteiger partial charge in [-0.25, -0.2) is 9.37 Å². The number of aryl methyl sites for hydroxylation is 1. The number of pyridine rings is 1. The zero-order valence-corrected chi connectivity index (χ0v) is 18.1. The van der Waals surface area contributed by atoms with Gasteiger partial charge in [-0.2, -0.15) is 0 Å². The molecule has 3 aromatic rings. The van der Waals surface area contributed by atoms with Crippen molar-refractivity contribution in [2.24, 2.45) is 0 Å². The van der Waals surface area contributed by atoms with E-state index in [9.17, 15) is 4.21 Å². The van der Waals surface area contributed by atoms with Crippen molar-refractivity contribution < 1.29 is 13.3 Å². The van der Waals surface area contributed by atoms with Crippen LogP contribution in [0.4, 0.5) is 15.9 Å². The summed E-state index contributed by atoms with van der Waals surface area (Å²) < 4.78 is 32.7. The van der Waals surface area contributed by atoms with Gasteiger partial charge in [0.05, 0.1) is 34.1 Å². The molecule has 158 valence electrons. The summed E-state index contributed by atoms with van der Waals surface area (Å²) in [6.45, 7) is 1.73. The molecule has 0 amide bonds. The van der Waals surface area contributed by atoms with E-state index in [0.29, 0.717) is 38.5 Å². The van der Waals surface area contributed by atoms with Gasteiger partial charge in [-0.1, -0.05) is 11.8 Å². The summed E-state index contributed by atoms with van der Waals surface area (Å²) in [4.78, 5) is 4.48. The Kier molecular flexibility index (Phi) is 6.37. The molecular formula is C23H21FN4O2S. The fourth-order valence-electron chi connectivity index (χ4n) is 3.07. The zero-order valence-electron chi connectivity index (χ0n) is 17.2. The van der Waals surface area contributed by atoms with Crippen molar-refractivity contribution in [3.05, 3.63) is 64.6 Å². The Morgan fingerprint density at radius 1 is 1.19 bits per heavy atom. The van der Waals surface area contributed by atoms with Crippen molar-refractivity contribution in [3.63, 3.8) is 0 Å². The normalized spacial score (nSPS) is 11.4.